The summed E-state index contributed by atoms with van der Waals surface area (Å²) in [5, 5.41) is 9.50. The van der Waals surface area contributed by atoms with Crippen LogP contribution in [0.4, 0.5) is 0 Å². The monoisotopic (exact) mass is 361 g/mol. The van der Waals surface area contributed by atoms with Crippen LogP contribution in [0.5, 0.6) is 11.5 Å². The summed E-state index contributed by atoms with van der Waals surface area (Å²) in [5.41, 5.74) is -1.43. The van der Waals surface area contributed by atoms with Crippen molar-refractivity contribution in [2.75, 3.05) is 19.8 Å². The molecule has 0 spiro atoms. The van der Waals surface area contributed by atoms with Gasteiger partial charge in [-0.25, -0.2) is 4.79 Å². The van der Waals surface area contributed by atoms with E-state index in [0.29, 0.717) is 18.1 Å². The molecule has 26 heavy (non-hydrogen) atoms. The number of carbonyl (C=O) groups excluding carboxylic acids is 1. The maximum atomic E-state index is 12.5. The van der Waals surface area contributed by atoms with Gasteiger partial charge >= 0.3 is 5.97 Å². The van der Waals surface area contributed by atoms with E-state index in [4.69, 9.17) is 18.9 Å². The van der Waals surface area contributed by atoms with E-state index in [2.05, 4.69) is 6.92 Å². The summed E-state index contributed by atoms with van der Waals surface area (Å²) in [6.07, 6.45) is 4.55. The fourth-order valence-electron chi connectivity index (χ4n) is 2.54. The molecule has 1 aliphatic rings. The van der Waals surface area contributed by atoms with Gasteiger partial charge in [0.15, 0.2) is 6.29 Å². The van der Waals surface area contributed by atoms with Crippen molar-refractivity contribution in [2.45, 2.75) is 52.2 Å². The van der Waals surface area contributed by atoms with Crippen LogP contribution in [-0.4, -0.2) is 32.1 Å². The van der Waals surface area contributed by atoms with Gasteiger partial charge in [0.2, 0.25) is 5.41 Å². The average Bonchev–Trinajstić information content (AvgIpc) is 2.68. The molecule has 1 heterocycles. The van der Waals surface area contributed by atoms with Crippen LogP contribution in [0.3, 0.4) is 0 Å². The van der Waals surface area contributed by atoms with E-state index >= 15 is 0 Å². The minimum Gasteiger partial charge on any atom is -0.494 e. The molecule has 1 aliphatic heterocycles. The van der Waals surface area contributed by atoms with Crippen molar-refractivity contribution >= 4 is 5.97 Å². The quantitative estimate of drug-likeness (QED) is 0.378. The van der Waals surface area contributed by atoms with Crippen molar-refractivity contribution in [1.82, 2.24) is 0 Å². The van der Waals surface area contributed by atoms with Crippen LogP contribution in [0.2, 0.25) is 0 Å². The normalized spacial score (nSPS) is 22.4. The van der Waals surface area contributed by atoms with Gasteiger partial charge in [0.25, 0.3) is 0 Å². The Morgan fingerprint density at radius 1 is 1.15 bits per heavy atom. The van der Waals surface area contributed by atoms with Crippen LogP contribution in [0.15, 0.2) is 24.3 Å². The zero-order chi connectivity index (χ0) is 18.8. The second-order valence-corrected chi connectivity index (χ2v) is 6.45. The van der Waals surface area contributed by atoms with E-state index < -0.39 is 11.4 Å². The molecule has 0 radical (unpaired) electrons. The van der Waals surface area contributed by atoms with Crippen molar-refractivity contribution in [1.29, 1.82) is 5.26 Å². The molecule has 1 aromatic rings. The zero-order valence-electron chi connectivity index (χ0n) is 15.5. The number of hydrogen-bond acceptors (Lipinski definition) is 6. The van der Waals surface area contributed by atoms with E-state index in [9.17, 15) is 10.1 Å². The predicted octanol–water partition coefficient (Wildman–Crippen LogP) is 3.84. The number of nitrogens with zero attached hydrogens (tertiary/aromatic N) is 1. The lowest BCUT2D eigenvalue weighted by Gasteiger charge is -2.33. The highest BCUT2D eigenvalue weighted by molar-refractivity contribution is 5.82. The smallest absolute Gasteiger partial charge is 0.336 e. The lowest BCUT2D eigenvalue weighted by atomic mass is 9.91. The summed E-state index contributed by atoms with van der Waals surface area (Å²) in [6, 6.07) is 8.77. The Morgan fingerprint density at radius 3 is 2.38 bits per heavy atom. The van der Waals surface area contributed by atoms with E-state index in [0.717, 1.165) is 32.1 Å². The highest BCUT2D eigenvalue weighted by atomic mass is 16.7. The number of carbonyl (C=O) groups is 1. The number of esters is 1. The van der Waals surface area contributed by atoms with Crippen LogP contribution in [-0.2, 0) is 14.3 Å². The van der Waals surface area contributed by atoms with E-state index in [1.165, 1.54) is 0 Å². The summed E-state index contributed by atoms with van der Waals surface area (Å²) >= 11 is 0. The lowest BCUT2D eigenvalue weighted by Crippen LogP contribution is -2.48. The Hall–Kier alpha value is -2.10. The first-order chi connectivity index (χ1) is 12.6. The fraction of sp³-hybridized carbons (Fsp3) is 0.600. The van der Waals surface area contributed by atoms with Gasteiger partial charge in [-0.2, -0.15) is 5.26 Å². The maximum absolute atomic E-state index is 12.5. The minimum atomic E-state index is -1.43. The molecule has 0 amide bonds. The van der Waals surface area contributed by atoms with Gasteiger partial charge in [0.05, 0.1) is 25.9 Å². The number of nitriles is 1. The molecule has 6 nitrogen and oxygen atoms in total. The molecule has 0 bridgehead atoms. The topological polar surface area (TPSA) is 77.8 Å². The molecule has 1 fully saturated rings. The maximum Gasteiger partial charge on any atom is 0.336 e. The van der Waals surface area contributed by atoms with Crippen LogP contribution >= 0.6 is 0 Å². The van der Waals surface area contributed by atoms with Crippen LogP contribution in [0.1, 0.15) is 46.0 Å². The van der Waals surface area contributed by atoms with Gasteiger partial charge in [-0.05, 0) is 43.5 Å². The van der Waals surface area contributed by atoms with Crippen LogP contribution in [0, 0.1) is 16.7 Å². The largest absolute Gasteiger partial charge is 0.494 e. The van der Waals surface area contributed by atoms with Crippen molar-refractivity contribution in [2.24, 2.45) is 5.41 Å². The average molecular weight is 361 g/mol. The standard InChI is InChI=1S/C20H27NO5/c1-3-5-6-7-18-24-14-20(13-21,15-25-18)19(22)26-17-10-8-16(9-11-17)23-12-4-2/h8-11,18H,3-7,12,14-15H2,1-2H3. The lowest BCUT2D eigenvalue weighted by molar-refractivity contribution is -0.223. The number of rotatable bonds is 9. The Balaban J connectivity index is 1.89. The molecule has 0 aromatic heterocycles. The fourth-order valence-corrected chi connectivity index (χ4v) is 2.54. The summed E-state index contributed by atoms with van der Waals surface area (Å²) in [5.74, 6) is 0.411. The first-order valence-corrected chi connectivity index (χ1v) is 9.23. The molecule has 0 aliphatic carbocycles. The first kappa shape index (κ1) is 20.2. The molecule has 0 N–H and O–H groups in total. The van der Waals surface area contributed by atoms with Crippen molar-refractivity contribution in [3.8, 4) is 17.6 Å². The van der Waals surface area contributed by atoms with E-state index in [1.54, 1.807) is 24.3 Å². The number of benzene rings is 1. The highest BCUT2D eigenvalue weighted by Crippen LogP contribution is 2.29. The minimum absolute atomic E-state index is 0.0170. The predicted molar refractivity (Wildman–Crippen MR) is 95.7 cm³/mol. The molecule has 1 saturated heterocycles. The Morgan fingerprint density at radius 2 is 1.81 bits per heavy atom. The molecule has 0 unspecified atom stereocenters. The van der Waals surface area contributed by atoms with Gasteiger partial charge in [-0.3, -0.25) is 0 Å². The highest BCUT2D eigenvalue weighted by Gasteiger charge is 2.46. The van der Waals surface area contributed by atoms with Crippen molar-refractivity contribution in [3.63, 3.8) is 0 Å². The Bertz CT molecular complexity index is 600. The second-order valence-electron chi connectivity index (χ2n) is 6.45. The third-order valence-corrected chi connectivity index (χ3v) is 4.19. The van der Waals surface area contributed by atoms with E-state index in [1.807, 2.05) is 13.0 Å². The van der Waals surface area contributed by atoms with Gasteiger partial charge in [0, 0.05) is 0 Å². The second kappa shape index (κ2) is 10.1. The SMILES string of the molecule is CCCCCC1OCC(C#N)(C(=O)Oc2ccc(OCCC)cc2)CO1. The van der Waals surface area contributed by atoms with Crippen molar-refractivity contribution < 1.29 is 23.7 Å². The summed E-state index contributed by atoms with van der Waals surface area (Å²) in [7, 11) is 0. The molecular weight excluding hydrogens is 334 g/mol. The molecule has 1 aromatic carbocycles. The Kier molecular flexibility index (Phi) is 7.89. The van der Waals surface area contributed by atoms with Crippen LogP contribution < -0.4 is 9.47 Å². The van der Waals surface area contributed by atoms with Gasteiger partial charge in [0.1, 0.15) is 11.5 Å². The van der Waals surface area contributed by atoms with Crippen molar-refractivity contribution in [3.05, 3.63) is 24.3 Å². The van der Waals surface area contributed by atoms with Gasteiger partial charge in [-0.1, -0.05) is 26.7 Å². The first-order valence-electron chi connectivity index (χ1n) is 9.23. The summed E-state index contributed by atoms with van der Waals surface area (Å²) < 4.78 is 22.0. The third-order valence-electron chi connectivity index (χ3n) is 4.19. The molecule has 2 rings (SSSR count). The molecule has 6 heteroatoms. The van der Waals surface area contributed by atoms with Gasteiger partial charge in [-0.15, -0.1) is 0 Å². The molecule has 142 valence electrons. The molecule has 0 atom stereocenters. The number of unbranched alkanes of at least 4 members (excludes halogenated alkanes) is 2. The van der Waals surface area contributed by atoms with Gasteiger partial charge < -0.3 is 18.9 Å². The zero-order valence-corrected chi connectivity index (χ0v) is 15.5. The number of hydrogen-bond donors (Lipinski definition) is 0. The van der Waals surface area contributed by atoms with E-state index in [-0.39, 0.29) is 19.5 Å². The van der Waals surface area contributed by atoms with Crippen LogP contribution in [0.25, 0.3) is 0 Å². The summed E-state index contributed by atoms with van der Waals surface area (Å²) in [4.78, 5) is 12.5. The summed E-state index contributed by atoms with van der Waals surface area (Å²) in [6.45, 7) is 4.75. The molecular formula is C20H27NO5. The Labute approximate surface area is 155 Å². The number of ether oxygens (including phenoxy) is 4. The third kappa shape index (κ3) is 5.45. The molecule has 0 saturated carbocycles.